The highest BCUT2D eigenvalue weighted by Gasteiger charge is 2.25. The fourth-order valence-corrected chi connectivity index (χ4v) is 1.83. The van der Waals surface area contributed by atoms with E-state index in [2.05, 4.69) is 24.3 Å². The van der Waals surface area contributed by atoms with Gasteiger partial charge >= 0.3 is 0 Å². The van der Waals surface area contributed by atoms with Crippen molar-refractivity contribution in [3.8, 4) is 0 Å². The lowest BCUT2D eigenvalue weighted by Crippen LogP contribution is -2.29. The Bertz CT molecular complexity index is 366. The maximum atomic E-state index is 11.8. The van der Waals surface area contributed by atoms with Crippen molar-refractivity contribution in [2.45, 2.75) is 39.7 Å². The Balaban J connectivity index is 1.97. The average molecular weight is 221 g/mol. The van der Waals surface area contributed by atoms with Crippen LogP contribution in [0.4, 0.5) is 5.82 Å². The van der Waals surface area contributed by atoms with E-state index in [1.165, 1.54) is 6.42 Å². The first-order valence-electron chi connectivity index (χ1n) is 5.99. The molecule has 0 unspecified atom stereocenters. The minimum atomic E-state index is 0.150. The minimum Gasteiger partial charge on any atom is -0.311 e. The summed E-state index contributed by atoms with van der Waals surface area (Å²) in [6, 6.07) is 1.86. The lowest BCUT2D eigenvalue weighted by atomic mass is 9.85. The molecule has 1 aromatic rings. The summed E-state index contributed by atoms with van der Waals surface area (Å²) in [4.78, 5) is 11.8. The predicted molar refractivity (Wildman–Crippen MR) is 63.0 cm³/mol. The highest BCUT2D eigenvalue weighted by Crippen LogP contribution is 2.27. The molecule has 0 atom stereocenters. The van der Waals surface area contributed by atoms with Crippen LogP contribution in [0.2, 0.25) is 0 Å². The Hall–Kier alpha value is -1.32. The van der Waals surface area contributed by atoms with Gasteiger partial charge < -0.3 is 5.32 Å². The molecule has 1 aliphatic carbocycles. The highest BCUT2D eigenvalue weighted by atomic mass is 16.2. The van der Waals surface area contributed by atoms with Crippen LogP contribution in [0.15, 0.2) is 12.3 Å². The summed E-state index contributed by atoms with van der Waals surface area (Å²) >= 11 is 0. The van der Waals surface area contributed by atoms with E-state index in [4.69, 9.17) is 0 Å². The number of nitrogens with zero attached hydrogens (tertiary/aromatic N) is 2. The van der Waals surface area contributed by atoms with E-state index in [9.17, 15) is 4.79 Å². The van der Waals surface area contributed by atoms with Gasteiger partial charge in [0.1, 0.15) is 5.82 Å². The molecule has 1 heterocycles. The van der Waals surface area contributed by atoms with Gasteiger partial charge in [-0.1, -0.05) is 20.3 Å². The maximum Gasteiger partial charge on any atom is 0.228 e. The molecule has 0 saturated heterocycles. The number of amides is 1. The first-order chi connectivity index (χ1) is 7.66. The molecule has 1 aliphatic rings. The summed E-state index contributed by atoms with van der Waals surface area (Å²) in [5.41, 5.74) is 0. The van der Waals surface area contributed by atoms with Gasteiger partial charge in [-0.15, -0.1) is 0 Å². The molecule has 1 amide bonds. The zero-order chi connectivity index (χ0) is 11.5. The van der Waals surface area contributed by atoms with Gasteiger partial charge in [-0.05, 0) is 18.8 Å². The van der Waals surface area contributed by atoms with Gasteiger partial charge in [-0.3, -0.25) is 4.79 Å². The van der Waals surface area contributed by atoms with Gasteiger partial charge in [0.25, 0.3) is 0 Å². The van der Waals surface area contributed by atoms with E-state index in [-0.39, 0.29) is 11.8 Å². The summed E-state index contributed by atoms with van der Waals surface area (Å²) in [6.45, 7) is 5.12. The highest BCUT2D eigenvalue weighted by molar-refractivity contribution is 5.92. The Morgan fingerprint density at radius 1 is 1.62 bits per heavy atom. The van der Waals surface area contributed by atoms with Crippen molar-refractivity contribution in [3.05, 3.63) is 12.3 Å². The zero-order valence-corrected chi connectivity index (χ0v) is 9.94. The number of anilines is 1. The van der Waals surface area contributed by atoms with E-state index in [0.29, 0.717) is 5.92 Å². The average Bonchev–Trinajstić information content (AvgIpc) is 2.48. The molecule has 2 rings (SSSR count). The molecular weight excluding hydrogens is 202 g/mol. The van der Waals surface area contributed by atoms with Crippen molar-refractivity contribution >= 4 is 11.7 Å². The van der Waals surface area contributed by atoms with Crippen LogP contribution >= 0.6 is 0 Å². The zero-order valence-electron chi connectivity index (χ0n) is 9.94. The lowest BCUT2D eigenvalue weighted by molar-refractivity contribution is -0.122. The van der Waals surface area contributed by atoms with E-state index in [1.54, 1.807) is 6.20 Å². The second-order valence-corrected chi connectivity index (χ2v) is 4.91. The standard InChI is InChI=1S/C12H19N3O/c1-9(2)8-15-11(6-7-13-15)14-12(16)10-4-3-5-10/h6-7,9-10H,3-5,8H2,1-2H3,(H,14,16). The van der Waals surface area contributed by atoms with Crippen LogP contribution in [-0.4, -0.2) is 15.7 Å². The van der Waals surface area contributed by atoms with E-state index in [0.717, 1.165) is 25.2 Å². The Labute approximate surface area is 96.0 Å². The number of hydrogen-bond acceptors (Lipinski definition) is 2. The number of hydrogen-bond donors (Lipinski definition) is 1. The molecular formula is C12H19N3O. The monoisotopic (exact) mass is 221 g/mol. The number of carbonyl (C=O) groups excluding carboxylic acids is 1. The summed E-state index contributed by atoms with van der Waals surface area (Å²) in [5.74, 6) is 1.73. The van der Waals surface area contributed by atoms with Gasteiger partial charge in [-0.25, -0.2) is 4.68 Å². The number of nitrogens with one attached hydrogen (secondary N) is 1. The fraction of sp³-hybridized carbons (Fsp3) is 0.667. The second-order valence-electron chi connectivity index (χ2n) is 4.91. The number of rotatable bonds is 4. The molecule has 0 spiro atoms. The Kier molecular flexibility index (Phi) is 3.27. The molecule has 1 aromatic heterocycles. The molecule has 1 fully saturated rings. The lowest BCUT2D eigenvalue weighted by Gasteiger charge is -2.24. The SMILES string of the molecule is CC(C)Cn1nccc1NC(=O)C1CCC1. The van der Waals surface area contributed by atoms with Crippen LogP contribution in [0, 0.1) is 11.8 Å². The first-order valence-corrected chi connectivity index (χ1v) is 5.99. The van der Waals surface area contributed by atoms with Crippen molar-refractivity contribution < 1.29 is 4.79 Å². The van der Waals surface area contributed by atoms with Gasteiger partial charge in [0.2, 0.25) is 5.91 Å². The first kappa shape index (κ1) is 11.2. The molecule has 0 aromatic carbocycles. The fourth-order valence-electron chi connectivity index (χ4n) is 1.83. The van der Waals surface area contributed by atoms with Crippen molar-refractivity contribution in [1.29, 1.82) is 0 Å². The summed E-state index contributed by atoms with van der Waals surface area (Å²) < 4.78 is 1.86. The number of carbonyl (C=O) groups is 1. The third-order valence-corrected chi connectivity index (χ3v) is 2.98. The largest absolute Gasteiger partial charge is 0.311 e. The normalized spacial score (nSPS) is 16.2. The van der Waals surface area contributed by atoms with Crippen LogP contribution in [0.5, 0.6) is 0 Å². The second kappa shape index (κ2) is 4.68. The van der Waals surface area contributed by atoms with Crippen molar-refractivity contribution in [3.63, 3.8) is 0 Å². The molecule has 4 heteroatoms. The summed E-state index contributed by atoms with van der Waals surface area (Å²) in [6.07, 6.45) is 4.98. The summed E-state index contributed by atoms with van der Waals surface area (Å²) in [5, 5.41) is 7.17. The van der Waals surface area contributed by atoms with Crippen LogP contribution < -0.4 is 5.32 Å². The topological polar surface area (TPSA) is 46.9 Å². The van der Waals surface area contributed by atoms with Gasteiger partial charge in [0, 0.05) is 18.5 Å². The molecule has 0 aliphatic heterocycles. The van der Waals surface area contributed by atoms with Gasteiger partial charge in [0.05, 0.1) is 6.20 Å². The van der Waals surface area contributed by atoms with Crippen LogP contribution in [0.25, 0.3) is 0 Å². The maximum absolute atomic E-state index is 11.8. The number of aromatic nitrogens is 2. The Morgan fingerprint density at radius 3 is 2.94 bits per heavy atom. The molecule has 1 saturated carbocycles. The van der Waals surface area contributed by atoms with E-state index < -0.39 is 0 Å². The quantitative estimate of drug-likeness (QED) is 0.847. The minimum absolute atomic E-state index is 0.150. The predicted octanol–water partition coefficient (Wildman–Crippen LogP) is 2.28. The van der Waals surface area contributed by atoms with Crippen molar-refractivity contribution in [1.82, 2.24) is 9.78 Å². The third kappa shape index (κ3) is 2.43. The van der Waals surface area contributed by atoms with Crippen molar-refractivity contribution in [2.24, 2.45) is 11.8 Å². The van der Waals surface area contributed by atoms with Crippen LogP contribution in [0.3, 0.4) is 0 Å². The molecule has 16 heavy (non-hydrogen) atoms. The van der Waals surface area contributed by atoms with Crippen LogP contribution in [-0.2, 0) is 11.3 Å². The third-order valence-electron chi connectivity index (χ3n) is 2.98. The van der Waals surface area contributed by atoms with Gasteiger partial charge in [-0.2, -0.15) is 5.10 Å². The molecule has 88 valence electrons. The van der Waals surface area contributed by atoms with Crippen molar-refractivity contribution in [2.75, 3.05) is 5.32 Å². The van der Waals surface area contributed by atoms with Gasteiger partial charge in [0.15, 0.2) is 0 Å². The molecule has 1 N–H and O–H groups in total. The smallest absolute Gasteiger partial charge is 0.228 e. The summed E-state index contributed by atoms with van der Waals surface area (Å²) in [7, 11) is 0. The molecule has 4 nitrogen and oxygen atoms in total. The molecule has 0 radical (unpaired) electrons. The van der Waals surface area contributed by atoms with E-state index in [1.807, 2.05) is 10.7 Å². The molecule has 0 bridgehead atoms. The Morgan fingerprint density at radius 2 is 2.38 bits per heavy atom. The van der Waals surface area contributed by atoms with E-state index >= 15 is 0 Å². The van der Waals surface area contributed by atoms with Crippen LogP contribution in [0.1, 0.15) is 33.1 Å².